The van der Waals surface area contributed by atoms with Crippen molar-refractivity contribution in [2.45, 2.75) is 39.3 Å². The van der Waals surface area contributed by atoms with Crippen molar-refractivity contribution in [1.82, 2.24) is 5.32 Å². The van der Waals surface area contributed by atoms with E-state index in [1.54, 1.807) is 33.8 Å². The number of alkyl carbamates (subject to hydrolysis) is 1. The van der Waals surface area contributed by atoms with Gasteiger partial charge < -0.3 is 10.1 Å². The Balaban J connectivity index is 3.96. The van der Waals surface area contributed by atoms with Crippen molar-refractivity contribution in [1.29, 1.82) is 5.26 Å². The van der Waals surface area contributed by atoms with Gasteiger partial charge in [0.25, 0.3) is 0 Å². The van der Waals surface area contributed by atoms with E-state index in [4.69, 9.17) is 10.00 Å². The molecule has 1 amide bonds. The molecule has 0 aromatic carbocycles. The Kier molecular flexibility index (Phi) is 4.71. The molecule has 0 aliphatic heterocycles. The van der Waals surface area contributed by atoms with Crippen LogP contribution in [-0.2, 0) is 4.74 Å². The van der Waals surface area contributed by atoms with Gasteiger partial charge >= 0.3 is 6.09 Å². The second-order valence-corrected chi connectivity index (χ2v) is 3.92. The number of nitrogens with one attached hydrogen (secondary N) is 1. The molecule has 0 unspecified atom stereocenters. The third-order valence-electron chi connectivity index (χ3n) is 1.20. The summed E-state index contributed by atoms with van der Waals surface area (Å²) in [5, 5.41) is 10.8. The van der Waals surface area contributed by atoms with E-state index < -0.39 is 11.7 Å². The molecule has 4 nitrogen and oxygen atoms in total. The summed E-state index contributed by atoms with van der Waals surface area (Å²) >= 11 is 0. The molecular weight excluding hydrogens is 180 g/mol. The van der Waals surface area contributed by atoms with Crippen molar-refractivity contribution in [2.24, 2.45) is 0 Å². The highest BCUT2D eigenvalue weighted by Crippen LogP contribution is 2.06. The van der Waals surface area contributed by atoms with Crippen molar-refractivity contribution in [3.8, 4) is 6.07 Å². The Labute approximate surface area is 84.6 Å². The van der Waals surface area contributed by atoms with Gasteiger partial charge in [-0.1, -0.05) is 6.08 Å². The van der Waals surface area contributed by atoms with E-state index in [1.165, 1.54) is 6.08 Å². The van der Waals surface area contributed by atoms with Gasteiger partial charge in [0, 0.05) is 12.1 Å². The van der Waals surface area contributed by atoms with Gasteiger partial charge in [0.15, 0.2) is 0 Å². The average molecular weight is 196 g/mol. The summed E-state index contributed by atoms with van der Waals surface area (Å²) in [5.74, 6) is 0. The van der Waals surface area contributed by atoms with Crippen LogP contribution in [0, 0.1) is 11.3 Å². The smallest absolute Gasteiger partial charge is 0.408 e. The number of nitrogens with zero attached hydrogens (tertiary/aromatic N) is 1. The Morgan fingerprint density at radius 3 is 2.57 bits per heavy atom. The van der Waals surface area contributed by atoms with Crippen LogP contribution in [-0.4, -0.2) is 17.7 Å². The predicted octanol–water partition coefficient (Wildman–Crippen LogP) is 1.98. The van der Waals surface area contributed by atoms with Crippen LogP contribution >= 0.6 is 0 Å². The summed E-state index contributed by atoms with van der Waals surface area (Å²) in [6.07, 6.45) is 2.43. The second-order valence-electron chi connectivity index (χ2n) is 3.92. The summed E-state index contributed by atoms with van der Waals surface area (Å²) in [6, 6.07) is 1.64. The number of allylic oxidation sites excluding steroid dienone is 1. The Morgan fingerprint density at radius 1 is 1.57 bits per heavy atom. The van der Waals surface area contributed by atoms with Crippen LogP contribution in [0.3, 0.4) is 0 Å². The zero-order chi connectivity index (χ0) is 11.2. The molecule has 0 rings (SSSR count). The topological polar surface area (TPSA) is 62.1 Å². The number of carbonyl (C=O) groups is 1. The highest BCUT2D eigenvalue weighted by molar-refractivity contribution is 5.68. The first-order chi connectivity index (χ1) is 6.35. The van der Waals surface area contributed by atoms with Crippen molar-refractivity contribution in [2.75, 3.05) is 0 Å². The highest BCUT2D eigenvalue weighted by atomic mass is 16.6. The van der Waals surface area contributed by atoms with Crippen LogP contribution in [0.2, 0.25) is 0 Å². The lowest BCUT2D eigenvalue weighted by Gasteiger charge is -2.20. The van der Waals surface area contributed by atoms with Gasteiger partial charge in [-0.25, -0.2) is 4.79 Å². The summed E-state index contributed by atoms with van der Waals surface area (Å²) in [7, 11) is 0. The first kappa shape index (κ1) is 12.5. The molecule has 4 heteroatoms. The lowest BCUT2D eigenvalue weighted by molar-refractivity contribution is 0.0518. The molecule has 0 aromatic heterocycles. The molecule has 1 atom stereocenters. The van der Waals surface area contributed by atoms with E-state index in [0.29, 0.717) is 0 Å². The largest absolute Gasteiger partial charge is 0.444 e. The fraction of sp³-hybridized carbons (Fsp3) is 0.600. The molecule has 78 valence electrons. The van der Waals surface area contributed by atoms with Crippen molar-refractivity contribution in [3.63, 3.8) is 0 Å². The normalized spacial score (nSPS) is 13.4. The maximum Gasteiger partial charge on any atom is 0.408 e. The molecule has 0 aliphatic rings. The van der Waals surface area contributed by atoms with E-state index in [9.17, 15) is 4.79 Å². The van der Waals surface area contributed by atoms with E-state index >= 15 is 0 Å². The lowest BCUT2D eigenvalue weighted by Crippen LogP contribution is -2.36. The highest BCUT2D eigenvalue weighted by Gasteiger charge is 2.16. The van der Waals surface area contributed by atoms with Crippen LogP contribution in [0.25, 0.3) is 0 Å². The maximum absolute atomic E-state index is 11.2. The van der Waals surface area contributed by atoms with Crippen molar-refractivity contribution in [3.05, 3.63) is 12.2 Å². The van der Waals surface area contributed by atoms with E-state index in [0.717, 1.165) is 0 Å². The molecule has 0 fully saturated rings. The molecule has 0 heterocycles. The second kappa shape index (κ2) is 5.28. The van der Waals surface area contributed by atoms with Gasteiger partial charge in [-0.05, 0) is 27.7 Å². The standard InChI is InChI=1S/C10H16N2O2/c1-8(6-5-7-11)12-9(13)14-10(2,3)4/h5-6,8H,1-4H3,(H,12,13)/t8-/m1/s1. The summed E-state index contributed by atoms with van der Waals surface area (Å²) in [5.41, 5.74) is -0.497. The number of hydrogen-bond acceptors (Lipinski definition) is 3. The summed E-state index contributed by atoms with van der Waals surface area (Å²) in [4.78, 5) is 11.2. The SMILES string of the molecule is C[C@H](C=CC#N)NC(=O)OC(C)(C)C. The zero-order valence-corrected chi connectivity index (χ0v) is 9.00. The number of nitriles is 1. The van der Waals surface area contributed by atoms with Crippen molar-refractivity contribution < 1.29 is 9.53 Å². The number of hydrogen-bond donors (Lipinski definition) is 1. The molecule has 0 saturated heterocycles. The van der Waals surface area contributed by atoms with Gasteiger partial charge in [0.2, 0.25) is 0 Å². The fourth-order valence-electron chi connectivity index (χ4n) is 0.729. The number of amides is 1. The quantitative estimate of drug-likeness (QED) is 0.687. The van der Waals surface area contributed by atoms with Gasteiger partial charge in [-0.15, -0.1) is 0 Å². The van der Waals surface area contributed by atoms with Gasteiger partial charge in [-0.3, -0.25) is 0 Å². The van der Waals surface area contributed by atoms with Crippen LogP contribution in [0.5, 0.6) is 0 Å². The third-order valence-corrected chi connectivity index (χ3v) is 1.20. The summed E-state index contributed by atoms with van der Waals surface area (Å²) in [6.45, 7) is 7.14. The third kappa shape index (κ3) is 7.17. The van der Waals surface area contributed by atoms with Gasteiger partial charge in [0.1, 0.15) is 5.60 Å². The first-order valence-corrected chi connectivity index (χ1v) is 4.41. The van der Waals surface area contributed by atoms with E-state index in [1.807, 2.05) is 6.07 Å². The van der Waals surface area contributed by atoms with Crippen LogP contribution in [0.4, 0.5) is 4.79 Å². The monoisotopic (exact) mass is 196 g/mol. The van der Waals surface area contributed by atoms with E-state index in [2.05, 4.69) is 5.32 Å². The molecule has 0 aromatic rings. The fourth-order valence-corrected chi connectivity index (χ4v) is 0.729. The minimum Gasteiger partial charge on any atom is -0.444 e. The molecular formula is C10H16N2O2. The molecule has 0 spiro atoms. The molecule has 14 heavy (non-hydrogen) atoms. The zero-order valence-electron chi connectivity index (χ0n) is 9.00. The predicted molar refractivity (Wildman–Crippen MR) is 53.6 cm³/mol. The lowest BCUT2D eigenvalue weighted by atomic mass is 10.2. The Bertz CT molecular complexity index is 258. The van der Waals surface area contributed by atoms with Crippen LogP contribution < -0.4 is 5.32 Å². The first-order valence-electron chi connectivity index (χ1n) is 4.41. The molecule has 0 radical (unpaired) electrons. The maximum atomic E-state index is 11.2. The molecule has 1 N–H and O–H groups in total. The number of ether oxygens (including phenoxy) is 1. The minimum absolute atomic E-state index is 0.204. The molecule has 0 saturated carbocycles. The Morgan fingerprint density at radius 2 is 2.14 bits per heavy atom. The van der Waals surface area contributed by atoms with E-state index in [-0.39, 0.29) is 6.04 Å². The van der Waals surface area contributed by atoms with Crippen molar-refractivity contribution >= 4 is 6.09 Å². The van der Waals surface area contributed by atoms with Gasteiger partial charge in [-0.2, -0.15) is 5.26 Å². The number of rotatable bonds is 2. The molecule has 0 aliphatic carbocycles. The van der Waals surface area contributed by atoms with Crippen LogP contribution in [0.1, 0.15) is 27.7 Å². The molecule has 0 bridgehead atoms. The minimum atomic E-state index is -0.497. The van der Waals surface area contributed by atoms with Crippen LogP contribution in [0.15, 0.2) is 12.2 Å². The Hall–Kier alpha value is -1.50. The average Bonchev–Trinajstić information content (AvgIpc) is 1.96. The van der Waals surface area contributed by atoms with Gasteiger partial charge in [0.05, 0.1) is 6.07 Å². The number of carbonyl (C=O) groups excluding carboxylic acids is 1. The summed E-state index contributed by atoms with van der Waals surface area (Å²) < 4.78 is 5.02.